The van der Waals surface area contributed by atoms with Crippen molar-refractivity contribution in [2.24, 2.45) is 0 Å². The number of ether oxygens (including phenoxy) is 1. The number of carbonyl (C=O) groups excluding carboxylic acids is 2. The highest BCUT2D eigenvalue weighted by Gasteiger charge is 2.25. The molecular formula is C21H26N4O4. The van der Waals surface area contributed by atoms with Crippen LogP contribution in [0.25, 0.3) is 0 Å². The molecule has 2 heterocycles. The molecule has 0 fully saturated rings. The fourth-order valence-corrected chi connectivity index (χ4v) is 2.87. The molecule has 8 nitrogen and oxygen atoms in total. The van der Waals surface area contributed by atoms with E-state index in [0.29, 0.717) is 25.1 Å². The topological polar surface area (TPSA) is 93.7 Å². The van der Waals surface area contributed by atoms with Crippen LogP contribution < -0.4 is 5.32 Å². The van der Waals surface area contributed by atoms with Crippen molar-refractivity contribution in [3.8, 4) is 0 Å². The largest absolute Gasteiger partial charge is 0.528 e. The minimum absolute atomic E-state index is 0.252. The zero-order valence-corrected chi connectivity index (χ0v) is 17.2. The van der Waals surface area contributed by atoms with E-state index in [4.69, 9.17) is 9.57 Å². The van der Waals surface area contributed by atoms with Crippen molar-refractivity contribution in [2.45, 2.75) is 52.7 Å². The van der Waals surface area contributed by atoms with Crippen molar-refractivity contribution in [1.82, 2.24) is 15.0 Å². The molecule has 0 bridgehead atoms. The van der Waals surface area contributed by atoms with Gasteiger partial charge in [-0.05, 0) is 44.9 Å². The van der Waals surface area contributed by atoms with Crippen LogP contribution >= 0.6 is 0 Å². The Hall–Kier alpha value is -3.00. The predicted molar refractivity (Wildman–Crippen MR) is 107 cm³/mol. The Morgan fingerprint density at radius 3 is 2.59 bits per heavy atom. The van der Waals surface area contributed by atoms with Crippen LogP contribution in [0.3, 0.4) is 0 Å². The van der Waals surface area contributed by atoms with Crippen LogP contribution in [0, 0.1) is 0 Å². The van der Waals surface area contributed by atoms with Gasteiger partial charge >= 0.3 is 6.16 Å². The van der Waals surface area contributed by atoms with Crippen LogP contribution in [0.2, 0.25) is 0 Å². The number of aryl methyl sites for hydroxylation is 1. The Balaban J connectivity index is 1.60. The van der Waals surface area contributed by atoms with Crippen LogP contribution in [-0.2, 0) is 29.0 Å². The summed E-state index contributed by atoms with van der Waals surface area (Å²) in [7, 11) is 0. The Kier molecular flexibility index (Phi) is 6.12. The normalized spacial score (nSPS) is 14.1. The van der Waals surface area contributed by atoms with Gasteiger partial charge in [0.15, 0.2) is 0 Å². The number of aromatic nitrogens is 2. The lowest BCUT2D eigenvalue weighted by molar-refractivity contribution is -0.151. The SMILES string of the molecule is CCc1ccc(C(=O)Nc2ncc3c(n2)CCN(OC(=O)OC(C)(C)C)C3)cc1. The summed E-state index contributed by atoms with van der Waals surface area (Å²) < 4.78 is 5.17. The maximum atomic E-state index is 12.4. The number of nitrogens with one attached hydrogen (secondary N) is 1. The molecule has 0 radical (unpaired) electrons. The number of hydroxylamine groups is 2. The highest BCUT2D eigenvalue weighted by Crippen LogP contribution is 2.19. The molecule has 1 aromatic carbocycles. The van der Waals surface area contributed by atoms with E-state index in [9.17, 15) is 9.59 Å². The van der Waals surface area contributed by atoms with Crippen LogP contribution in [0.4, 0.5) is 10.7 Å². The monoisotopic (exact) mass is 398 g/mol. The predicted octanol–water partition coefficient (Wildman–Crippen LogP) is 3.52. The third-order valence-corrected chi connectivity index (χ3v) is 4.34. The van der Waals surface area contributed by atoms with Gasteiger partial charge in [0.05, 0.1) is 12.2 Å². The third-order valence-electron chi connectivity index (χ3n) is 4.34. The van der Waals surface area contributed by atoms with E-state index in [1.807, 2.05) is 12.1 Å². The molecule has 0 unspecified atom stereocenters. The maximum Gasteiger partial charge on any atom is 0.528 e. The molecule has 0 saturated carbocycles. The van der Waals surface area contributed by atoms with Crippen molar-refractivity contribution < 1.29 is 19.2 Å². The zero-order valence-electron chi connectivity index (χ0n) is 17.2. The number of rotatable bonds is 4. The molecule has 0 saturated heterocycles. The number of carbonyl (C=O) groups is 2. The first-order valence-electron chi connectivity index (χ1n) is 9.64. The summed E-state index contributed by atoms with van der Waals surface area (Å²) >= 11 is 0. The van der Waals surface area contributed by atoms with Crippen molar-refractivity contribution in [3.05, 3.63) is 52.8 Å². The van der Waals surface area contributed by atoms with Gasteiger partial charge in [-0.3, -0.25) is 10.1 Å². The Labute approximate surface area is 170 Å². The Morgan fingerprint density at radius 1 is 1.21 bits per heavy atom. The van der Waals surface area contributed by atoms with Crippen molar-refractivity contribution >= 4 is 18.0 Å². The standard InChI is InChI=1S/C21H26N4O4/c1-5-14-6-8-15(9-7-14)18(26)24-19-22-12-16-13-25(11-10-17(16)23-19)29-20(27)28-21(2,3)4/h6-9,12H,5,10-11,13H2,1-4H3,(H,22,23,24,26). The number of amides is 1. The molecule has 3 rings (SSSR count). The molecule has 1 N–H and O–H groups in total. The highest BCUT2D eigenvalue weighted by molar-refractivity contribution is 6.03. The van der Waals surface area contributed by atoms with Crippen LogP contribution in [0.5, 0.6) is 0 Å². The summed E-state index contributed by atoms with van der Waals surface area (Å²) in [6.07, 6.45) is 2.39. The van der Waals surface area contributed by atoms with Gasteiger partial charge in [-0.25, -0.2) is 14.8 Å². The van der Waals surface area contributed by atoms with Gasteiger partial charge in [0.1, 0.15) is 5.60 Å². The second kappa shape index (κ2) is 8.57. The van der Waals surface area contributed by atoms with Crippen molar-refractivity contribution in [1.29, 1.82) is 0 Å². The summed E-state index contributed by atoms with van der Waals surface area (Å²) in [5, 5.41) is 4.26. The molecule has 1 amide bonds. The number of nitrogens with zero attached hydrogens (tertiary/aromatic N) is 3. The summed E-state index contributed by atoms with van der Waals surface area (Å²) in [6, 6.07) is 7.45. The molecule has 1 aromatic heterocycles. The zero-order chi connectivity index (χ0) is 21.0. The minimum Gasteiger partial charge on any atom is -0.427 e. The molecule has 29 heavy (non-hydrogen) atoms. The molecule has 0 spiro atoms. The van der Waals surface area contributed by atoms with Crippen molar-refractivity contribution in [3.63, 3.8) is 0 Å². The summed E-state index contributed by atoms with van der Waals surface area (Å²) in [5.74, 6) is 0.00752. The molecule has 154 valence electrons. The van der Waals surface area contributed by atoms with Gasteiger partial charge in [0.2, 0.25) is 5.95 Å². The number of anilines is 1. The van der Waals surface area contributed by atoms with Crippen molar-refractivity contribution in [2.75, 3.05) is 11.9 Å². The van der Waals surface area contributed by atoms with E-state index in [-0.39, 0.29) is 11.9 Å². The van der Waals surface area contributed by atoms with Gasteiger partial charge < -0.3 is 9.57 Å². The fraction of sp³-hybridized carbons (Fsp3) is 0.429. The number of hydrogen-bond donors (Lipinski definition) is 1. The van der Waals surface area contributed by atoms with Gasteiger partial charge in [-0.1, -0.05) is 19.1 Å². The van der Waals surface area contributed by atoms with E-state index in [2.05, 4.69) is 22.2 Å². The molecular weight excluding hydrogens is 372 g/mol. The third kappa shape index (κ3) is 5.74. The lowest BCUT2D eigenvalue weighted by Crippen LogP contribution is -2.36. The quantitative estimate of drug-likeness (QED) is 0.788. The van der Waals surface area contributed by atoms with E-state index in [0.717, 1.165) is 17.7 Å². The highest BCUT2D eigenvalue weighted by atomic mass is 16.8. The maximum absolute atomic E-state index is 12.4. The molecule has 0 atom stereocenters. The minimum atomic E-state index is -0.736. The van der Waals surface area contributed by atoms with E-state index < -0.39 is 11.8 Å². The second-order valence-electron chi connectivity index (χ2n) is 7.84. The van der Waals surface area contributed by atoms with Crippen LogP contribution in [0.1, 0.15) is 54.9 Å². The fourth-order valence-electron chi connectivity index (χ4n) is 2.87. The summed E-state index contributed by atoms with van der Waals surface area (Å²) in [5.41, 5.74) is 2.77. The average Bonchev–Trinajstić information content (AvgIpc) is 2.66. The summed E-state index contributed by atoms with van der Waals surface area (Å²) in [6.45, 7) is 8.25. The average molecular weight is 398 g/mol. The number of fused-ring (bicyclic) bond motifs is 1. The van der Waals surface area contributed by atoms with Crippen LogP contribution in [0.15, 0.2) is 30.5 Å². The van der Waals surface area contributed by atoms with Gasteiger partial charge in [0.25, 0.3) is 5.91 Å². The smallest absolute Gasteiger partial charge is 0.427 e. The Bertz CT molecular complexity index is 891. The Morgan fingerprint density at radius 2 is 1.93 bits per heavy atom. The first kappa shape index (κ1) is 20.7. The molecule has 1 aliphatic heterocycles. The lowest BCUT2D eigenvalue weighted by atomic mass is 10.1. The molecule has 8 heteroatoms. The number of benzene rings is 1. The van der Waals surface area contributed by atoms with E-state index in [1.165, 1.54) is 10.6 Å². The molecule has 2 aromatic rings. The van der Waals surface area contributed by atoms with Gasteiger partial charge in [0, 0.05) is 30.3 Å². The molecule has 0 aliphatic carbocycles. The first-order valence-corrected chi connectivity index (χ1v) is 9.64. The second-order valence-corrected chi connectivity index (χ2v) is 7.84. The molecule has 1 aliphatic rings. The first-order chi connectivity index (χ1) is 13.7. The summed E-state index contributed by atoms with van der Waals surface area (Å²) in [4.78, 5) is 38.1. The van der Waals surface area contributed by atoms with Gasteiger partial charge in [-0.15, -0.1) is 5.06 Å². The van der Waals surface area contributed by atoms with Gasteiger partial charge in [-0.2, -0.15) is 0 Å². The van der Waals surface area contributed by atoms with E-state index in [1.54, 1.807) is 39.1 Å². The van der Waals surface area contributed by atoms with Crippen LogP contribution in [-0.4, -0.2) is 39.2 Å². The number of hydrogen-bond acceptors (Lipinski definition) is 7. The van der Waals surface area contributed by atoms with E-state index >= 15 is 0 Å². The lowest BCUT2D eigenvalue weighted by Gasteiger charge is -2.27.